The molecule has 0 aromatic heterocycles. The minimum Gasteiger partial charge on any atom is -0.389 e. The van der Waals surface area contributed by atoms with Crippen molar-refractivity contribution >= 4 is 15.7 Å². The molecule has 5 nitrogen and oxygen atoms in total. The summed E-state index contributed by atoms with van der Waals surface area (Å²) in [5.74, 6) is 0. The Morgan fingerprint density at radius 1 is 1.11 bits per heavy atom. The maximum Gasteiger partial charge on any atom is 0.242 e. The zero-order chi connectivity index (χ0) is 14.8. The predicted octanol–water partition coefficient (Wildman–Crippen LogP) is 1.14. The van der Waals surface area contributed by atoms with Gasteiger partial charge in [0, 0.05) is 33.4 Å². The monoisotopic (exact) mass is 286 g/mol. The summed E-state index contributed by atoms with van der Waals surface area (Å²) in [5.41, 5.74) is 0.0585. The smallest absolute Gasteiger partial charge is 0.242 e. The van der Waals surface area contributed by atoms with Gasteiger partial charge in [0.25, 0.3) is 0 Å². The van der Waals surface area contributed by atoms with Crippen molar-refractivity contribution in [1.82, 2.24) is 4.31 Å². The first kappa shape index (κ1) is 15.9. The van der Waals surface area contributed by atoms with E-state index in [4.69, 9.17) is 0 Å². The van der Waals surface area contributed by atoms with Crippen LogP contribution in [0.3, 0.4) is 0 Å². The van der Waals surface area contributed by atoms with Crippen molar-refractivity contribution in [1.29, 1.82) is 0 Å². The van der Waals surface area contributed by atoms with Crippen LogP contribution in [0.15, 0.2) is 29.2 Å². The van der Waals surface area contributed by atoms with Crippen LogP contribution in [0.25, 0.3) is 0 Å². The second kappa shape index (κ2) is 5.48. The van der Waals surface area contributed by atoms with Crippen molar-refractivity contribution in [2.24, 2.45) is 0 Å². The fourth-order valence-corrected chi connectivity index (χ4v) is 2.66. The molecule has 0 aliphatic rings. The van der Waals surface area contributed by atoms with Crippen LogP contribution in [0.5, 0.6) is 0 Å². The van der Waals surface area contributed by atoms with E-state index < -0.39 is 15.6 Å². The summed E-state index contributed by atoms with van der Waals surface area (Å²) in [6.45, 7) is 3.93. The molecule has 0 spiro atoms. The third-order valence-corrected chi connectivity index (χ3v) is 4.51. The van der Waals surface area contributed by atoms with Crippen LogP contribution in [-0.4, -0.2) is 51.1 Å². The fraction of sp³-hybridized carbons (Fsp3) is 0.538. The molecular formula is C13H22N2O3S. The summed E-state index contributed by atoms with van der Waals surface area (Å²) >= 11 is 0. The standard InChI is InChI=1S/C13H22N2O3S/c1-13(2,16)10-15(5)11-6-8-12(9-7-11)19(17,18)14(3)4/h6-9,16H,10H2,1-5H3. The first-order chi connectivity index (χ1) is 8.54. The molecule has 19 heavy (non-hydrogen) atoms. The van der Waals surface area contributed by atoms with E-state index in [9.17, 15) is 13.5 Å². The van der Waals surface area contributed by atoms with Gasteiger partial charge in [0.1, 0.15) is 0 Å². The van der Waals surface area contributed by atoms with Crippen molar-refractivity contribution in [3.8, 4) is 0 Å². The molecule has 0 unspecified atom stereocenters. The van der Waals surface area contributed by atoms with Crippen LogP contribution in [-0.2, 0) is 10.0 Å². The van der Waals surface area contributed by atoms with Crippen LogP contribution in [0.1, 0.15) is 13.8 Å². The van der Waals surface area contributed by atoms with Gasteiger partial charge in [-0.25, -0.2) is 12.7 Å². The van der Waals surface area contributed by atoms with Gasteiger partial charge in [0.15, 0.2) is 0 Å². The molecule has 0 amide bonds. The highest BCUT2D eigenvalue weighted by Gasteiger charge is 2.19. The van der Waals surface area contributed by atoms with Gasteiger partial charge in [0.05, 0.1) is 10.5 Å². The van der Waals surface area contributed by atoms with E-state index in [-0.39, 0.29) is 4.90 Å². The summed E-state index contributed by atoms with van der Waals surface area (Å²) in [7, 11) is 1.47. The molecule has 108 valence electrons. The molecule has 0 radical (unpaired) electrons. The lowest BCUT2D eigenvalue weighted by atomic mass is 10.1. The zero-order valence-electron chi connectivity index (χ0n) is 12.1. The summed E-state index contributed by atoms with van der Waals surface area (Å²) < 4.78 is 25.0. The average Bonchev–Trinajstić information content (AvgIpc) is 2.26. The molecule has 1 rings (SSSR count). The number of benzene rings is 1. The van der Waals surface area contributed by atoms with Gasteiger partial charge < -0.3 is 10.0 Å². The first-order valence-corrected chi connectivity index (χ1v) is 7.44. The molecular weight excluding hydrogens is 264 g/mol. The van der Waals surface area contributed by atoms with Gasteiger partial charge in [-0.1, -0.05) is 0 Å². The van der Waals surface area contributed by atoms with E-state index in [1.807, 2.05) is 11.9 Å². The van der Waals surface area contributed by atoms with Gasteiger partial charge in [-0.15, -0.1) is 0 Å². The number of sulfonamides is 1. The summed E-state index contributed by atoms with van der Waals surface area (Å²) in [5, 5.41) is 9.76. The van der Waals surface area contributed by atoms with E-state index in [2.05, 4.69) is 0 Å². The summed E-state index contributed by atoms with van der Waals surface area (Å²) in [6.07, 6.45) is 0. The second-order valence-electron chi connectivity index (χ2n) is 5.45. The number of nitrogens with zero attached hydrogens (tertiary/aromatic N) is 2. The molecule has 1 aromatic carbocycles. The molecule has 0 fully saturated rings. The third kappa shape index (κ3) is 4.19. The summed E-state index contributed by atoms with van der Waals surface area (Å²) in [4.78, 5) is 2.14. The van der Waals surface area contributed by atoms with Crippen LogP contribution >= 0.6 is 0 Å². The SMILES string of the molecule is CN(CC(C)(C)O)c1ccc(S(=O)(=O)N(C)C)cc1. The molecule has 0 atom stereocenters. The van der Waals surface area contributed by atoms with E-state index >= 15 is 0 Å². The Hall–Kier alpha value is -1.11. The van der Waals surface area contributed by atoms with Crippen molar-refractivity contribution in [3.63, 3.8) is 0 Å². The quantitative estimate of drug-likeness (QED) is 0.882. The van der Waals surface area contributed by atoms with Crippen molar-refractivity contribution < 1.29 is 13.5 Å². The third-order valence-electron chi connectivity index (χ3n) is 2.68. The minimum absolute atomic E-state index is 0.262. The van der Waals surface area contributed by atoms with Crippen LogP contribution in [0.4, 0.5) is 5.69 Å². The van der Waals surface area contributed by atoms with Gasteiger partial charge in [-0.05, 0) is 38.1 Å². The lowest BCUT2D eigenvalue weighted by molar-refractivity contribution is 0.0886. The van der Waals surface area contributed by atoms with Gasteiger partial charge in [0.2, 0.25) is 10.0 Å². The molecule has 1 N–H and O–H groups in total. The normalized spacial score (nSPS) is 12.8. The number of likely N-dealkylation sites (N-methyl/N-ethyl adjacent to an activating group) is 1. The Morgan fingerprint density at radius 3 is 1.95 bits per heavy atom. The van der Waals surface area contributed by atoms with E-state index in [1.165, 1.54) is 18.4 Å². The van der Waals surface area contributed by atoms with Crippen molar-refractivity contribution in [3.05, 3.63) is 24.3 Å². The minimum atomic E-state index is -3.39. The van der Waals surface area contributed by atoms with Gasteiger partial charge in [-0.2, -0.15) is 0 Å². The molecule has 0 heterocycles. The Labute approximate surface area is 115 Å². The lowest BCUT2D eigenvalue weighted by Gasteiger charge is -2.27. The maximum atomic E-state index is 11.9. The molecule has 1 aromatic rings. The number of hydrogen-bond donors (Lipinski definition) is 1. The largest absolute Gasteiger partial charge is 0.389 e. The summed E-state index contributed by atoms with van der Waals surface area (Å²) in [6, 6.07) is 6.63. The zero-order valence-corrected chi connectivity index (χ0v) is 12.9. The van der Waals surface area contributed by atoms with E-state index in [0.29, 0.717) is 6.54 Å². The van der Waals surface area contributed by atoms with Crippen molar-refractivity contribution in [2.45, 2.75) is 24.3 Å². The Balaban J connectivity index is 2.95. The molecule has 6 heteroatoms. The Morgan fingerprint density at radius 2 is 1.58 bits per heavy atom. The Kier molecular flexibility index (Phi) is 4.60. The number of hydrogen-bond acceptors (Lipinski definition) is 4. The Bertz CT molecular complexity index is 516. The second-order valence-corrected chi connectivity index (χ2v) is 7.60. The van der Waals surface area contributed by atoms with E-state index in [0.717, 1.165) is 5.69 Å². The number of anilines is 1. The van der Waals surface area contributed by atoms with Crippen molar-refractivity contribution in [2.75, 3.05) is 32.6 Å². The molecule has 0 aliphatic carbocycles. The topological polar surface area (TPSA) is 60.9 Å². The van der Waals surface area contributed by atoms with Crippen LogP contribution in [0, 0.1) is 0 Å². The van der Waals surface area contributed by atoms with Gasteiger partial charge in [-0.3, -0.25) is 0 Å². The average molecular weight is 286 g/mol. The number of aliphatic hydroxyl groups is 1. The van der Waals surface area contributed by atoms with Crippen LogP contribution in [0.2, 0.25) is 0 Å². The predicted molar refractivity (Wildman–Crippen MR) is 76.9 cm³/mol. The molecule has 0 bridgehead atoms. The molecule has 0 saturated carbocycles. The maximum absolute atomic E-state index is 11.9. The number of rotatable bonds is 5. The van der Waals surface area contributed by atoms with Gasteiger partial charge >= 0.3 is 0 Å². The highest BCUT2D eigenvalue weighted by Crippen LogP contribution is 2.20. The first-order valence-electron chi connectivity index (χ1n) is 6.00. The van der Waals surface area contributed by atoms with Crippen LogP contribution < -0.4 is 4.90 Å². The fourth-order valence-electron chi connectivity index (χ4n) is 1.76. The highest BCUT2D eigenvalue weighted by atomic mass is 32.2. The lowest BCUT2D eigenvalue weighted by Crippen LogP contribution is -2.36. The molecule has 0 aliphatic heterocycles. The van der Waals surface area contributed by atoms with E-state index in [1.54, 1.807) is 38.1 Å². The molecule has 0 saturated heterocycles. The highest BCUT2D eigenvalue weighted by molar-refractivity contribution is 7.89.